The van der Waals surface area contributed by atoms with Crippen LogP contribution in [0.25, 0.3) is 0 Å². The Balaban J connectivity index is 2.02. The predicted molar refractivity (Wildman–Crippen MR) is 75.5 cm³/mol. The second-order valence-corrected chi connectivity index (χ2v) is 6.02. The van der Waals surface area contributed by atoms with E-state index < -0.39 is 0 Å². The van der Waals surface area contributed by atoms with Crippen molar-refractivity contribution in [3.8, 4) is 0 Å². The van der Waals surface area contributed by atoms with E-state index in [1.807, 2.05) is 0 Å². The van der Waals surface area contributed by atoms with E-state index in [4.69, 9.17) is 0 Å². The molecular weight excluding hydrogens is 210 g/mol. The normalized spacial score (nSPS) is 18.2. The van der Waals surface area contributed by atoms with Crippen LogP contribution in [0.15, 0.2) is 0 Å². The highest BCUT2D eigenvalue weighted by atomic mass is 15.2. The summed E-state index contributed by atoms with van der Waals surface area (Å²) in [6.07, 6.45) is 3.98. The minimum Gasteiger partial charge on any atom is -0.311 e. The summed E-state index contributed by atoms with van der Waals surface area (Å²) < 4.78 is 0. The molecule has 0 saturated carbocycles. The Morgan fingerprint density at radius 3 is 2.41 bits per heavy atom. The van der Waals surface area contributed by atoms with E-state index in [0.29, 0.717) is 0 Å². The van der Waals surface area contributed by atoms with Crippen LogP contribution in [-0.2, 0) is 0 Å². The molecule has 3 heteroatoms. The quantitative estimate of drug-likeness (QED) is 0.699. The van der Waals surface area contributed by atoms with Crippen molar-refractivity contribution in [1.82, 2.24) is 15.1 Å². The number of likely N-dealkylation sites (tertiary alicyclic amines) is 1. The van der Waals surface area contributed by atoms with E-state index >= 15 is 0 Å². The van der Waals surface area contributed by atoms with Crippen LogP contribution >= 0.6 is 0 Å². The third-order valence-electron chi connectivity index (χ3n) is 3.98. The maximum absolute atomic E-state index is 3.61. The van der Waals surface area contributed by atoms with Crippen molar-refractivity contribution in [2.45, 2.75) is 45.6 Å². The molecular formula is C14H31N3. The molecule has 0 atom stereocenters. The Morgan fingerprint density at radius 1 is 1.18 bits per heavy atom. The average molecular weight is 241 g/mol. The van der Waals surface area contributed by atoms with Gasteiger partial charge in [-0.15, -0.1) is 0 Å². The van der Waals surface area contributed by atoms with Crippen LogP contribution in [0, 0.1) is 0 Å². The lowest BCUT2D eigenvalue weighted by Crippen LogP contribution is -2.43. The van der Waals surface area contributed by atoms with Crippen molar-refractivity contribution in [2.75, 3.05) is 46.3 Å². The average Bonchev–Trinajstić information content (AvgIpc) is 2.79. The smallest absolute Gasteiger partial charge is 0.0123 e. The molecule has 0 bridgehead atoms. The Morgan fingerprint density at radius 2 is 1.82 bits per heavy atom. The summed E-state index contributed by atoms with van der Waals surface area (Å²) in [6, 6.07) is 0. The van der Waals surface area contributed by atoms with Gasteiger partial charge in [-0.05, 0) is 53.2 Å². The zero-order valence-electron chi connectivity index (χ0n) is 12.3. The lowest BCUT2D eigenvalue weighted by Gasteiger charge is -2.27. The van der Waals surface area contributed by atoms with Gasteiger partial charge >= 0.3 is 0 Å². The van der Waals surface area contributed by atoms with Crippen molar-refractivity contribution in [2.24, 2.45) is 0 Å². The zero-order chi connectivity index (χ0) is 12.7. The molecule has 102 valence electrons. The topological polar surface area (TPSA) is 18.5 Å². The molecule has 1 rings (SSSR count). The third kappa shape index (κ3) is 6.39. The molecule has 0 amide bonds. The molecule has 1 aliphatic rings. The summed E-state index contributed by atoms with van der Waals surface area (Å²) in [4.78, 5) is 5.02. The monoisotopic (exact) mass is 241 g/mol. The van der Waals surface area contributed by atoms with E-state index in [9.17, 15) is 0 Å². The molecule has 0 aromatic rings. The van der Waals surface area contributed by atoms with Gasteiger partial charge in [-0.2, -0.15) is 0 Å². The third-order valence-corrected chi connectivity index (χ3v) is 3.98. The standard InChI is InChI=1S/C14H31N3/c1-5-14(2,3)15-8-11-16(4)12-13-17-9-6-7-10-17/h15H,5-13H2,1-4H3. The molecule has 0 aromatic carbocycles. The first-order valence-electron chi connectivity index (χ1n) is 7.19. The molecule has 0 spiro atoms. The van der Waals surface area contributed by atoms with E-state index in [2.05, 4.69) is 42.9 Å². The Hall–Kier alpha value is -0.120. The van der Waals surface area contributed by atoms with Gasteiger partial charge in [-0.25, -0.2) is 0 Å². The maximum Gasteiger partial charge on any atom is 0.0123 e. The molecule has 0 aliphatic carbocycles. The Bertz CT molecular complexity index is 198. The van der Waals surface area contributed by atoms with Crippen molar-refractivity contribution < 1.29 is 0 Å². The molecule has 1 heterocycles. The van der Waals surface area contributed by atoms with Gasteiger partial charge in [0, 0.05) is 31.7 Å². The highest BCUT2D eigenvalue weighted by Gasteiger charge is 2.14. The first kappa shape index (κ1) is 14.9. The zero-order valence-corrected chi connectivity index (χ0v) is 12.3. The predicted octanol–water partition coefficient (Wildman–Crippen LogP) is 1.79. The van der Waals surface area contributed by atoms with Crippen LogP contribution in [0.5, 0.6) is 0 Å². The summed E-state index contributed by atoms with van der Waals surface area (Å²) in [7, 11) is 2.23. The van der Waals surface area contributed by atoms with Crippen LogP contribution in [0.2, 0.25) is 0 Å². The second-order valence-electron chi connectivity index (χ2n) is 6.02. The number of rotatable bonds is 8. The van der Waals surface area contributed by atoms with Crippen LogP contribution in [0.3, 0.4) is 0 Å². The van der Waals surface area contributed by atoms with Gasteiger partial charge in [-0.1, -0.05) is 6.92 Å². The summed E-state index contributed by atoms with van der Waals surface area (Å²) in [5.41, 5.74) is 0.287. The van der Waals surface area contributed by atoms with Gasteiger partial charge in [0.05, 0.1) is 0 Å². The fourth-order valence-electron chi connectivity index (χ4n) is 2.14. The molecule has 3 nitrogen and oxygen atoms in total. The van der Waals surface area contributed by atoms with E-state index in [1.165, 1.54) is 45.4 Å². The molecule has 0 unspecified atom stereocenters. The summed E-state index contributed by atoms with van der Waals surface area (Å²) in [5.74, 6) is 0. The first-order chi connectivity index (χ1) is 8.03. The number of nitrogens with zero attached hydrogens (tertiary/aromatic N) is 2. The summed E-state index contributed by atoms with van der Waals surface area (Å²) >= 11 is 0. The van der Waals surface area contributed by atoms with Gasteiger partial charge in [-0.3, -0.25) is 0 Å². The first-order valence-corrected chi connectivity index (χ1v) is 7.19. The van der Waals surface area contributed by atoms with E-state index in [1.54, 1.807) is 0 Å². The SMILES string of the molecule is CCC(C)(C)NCCN(C)CCN1CCCC1. The number of nitrogens with one attached hydrogen (secondary N) is 1. The van der Waals surface area contributed by atoms with Gasteiger partial charge in [0.15, 0.2) is 0 Å². The fraction of sp³-hybridized carbons (Fsp3) is 1.00. The number of likely N-dealkylation sites (N-methyl/N-ethyl adjacent to an activating group) is 1. The molecule has 1 aliphatic heterocycles. The second kappa shape index (κ2) is 7.34. The number of hydrogen-bond donors (Lipinski definition) is 1. The molecule has 1 N–H and O–H groups in total. The van der Waals surface area contributed by atoms with E-state index in [0.717, 1.165) is 13.1 Å². The maximum atomic E-state index is 3.61. The highest BCUT2D eigenvalue weighted by Crippen LogP contribution is 2.07. The largest absolute Gasteiger partial charge is 0.311 e. The molecule has 0 radical (unpaired) electrons. The van der Waals surface area contributed by atoms with Gasteiger partial charge < -0.3 is 15.1 Å². The summed E-state index contributed by atoms with van der Waals surface area (Å²) in [6.45, 7) is 14.1. The van der Waals surface area contributed by atoms with Crippen LogP contribution in [-0.4, -0.2) is 61.7 Å². The van der Waals surface area contributed by atoms with Crippen LogP contribution < -0.4 is 5.32 Å². The van der Waals surface area contributed by atoms with Crippen molar-refractivity contribution in [3.05, 3.63) is 0 Å². The lowest BCUT2D eigenvalue weighted by molar-refractivity contribution is 0.248. The minimum atomic E-state index is 0.287. The van der Waals surface area contributed by atoms with Crippen molar-refractivity contribution in [1.29, 1.82) is 0 Å². The minimum absolute atomic E-state index is 0.287. The van der Waals surface area contributed by atoms with Crippen LogP contribution in [0.1, 0.15) is 40.0 Å². The molecule has 17 heavy (non-hydrogen) atoms. The van der Waals surface area contributed by atoms with Gasteiger partial charge in [0.2, 0.25) is 0 Å². The lowest BCUT2D eigenvalue weighted by atomic mass is 10.0. The summed E-state index contributed by atoms with van der Waals surface area (Å²) in [5, 5.41) is 3.61. The van der Waals surface area contributed by atoms with Gasteiger partial charge in [0.1, 0.15) is 0 Å². The molecule has 1 fully saturated rings. The number of hydrogen-bond acceptors (Lipinski definition) is 3. The fourth-order valence-corrected chi connectivity index (χ4v) is 2.14. The van der Waals surface area contributed by atoms with E-state index in [-0.39, 0.29) is 5.54 Å². The Kier molecular flexibility index (Phi) is 6.45. The van der Waals surface area contributed by atoms with Gasteiger partial charge in [0.25, 0.3) is 0 Å². The Labute approximate surface area is 108 Å². The van der Waals surface area contributed by atoms with Crippen LogP contribution in [0.4, 0.5) is 0 Å². The molecule has 1 saturated heterocycles. The van der Waals surface area contributed by atoms with Crippen molar-refractivity contribution in [3.63, 3.8) is 0 Å². The molecule has 0 aromatic heterocycles. The highest BCUT2D eigenvalue weighted by molar-refractivity contribution is 4.75. The van der Waals surface area contributed by atoms with Crippen molar-refractivity contribution >= 4 is 0 Å².